The van der Waals surface area contributed by atoms with Crippen molar-refractivity contribution in [2.24, 2.45) is 0 Å². The summed E-state index contributed by atoms with van der Waals surface area (Å²) >= 11 is 0. The molecule has 0 rings (SSSR count). The van der Waals surface area contributed by atoms with Crippen LogP contribution in [0, 0.1) is 0 Å². The van der Waals surface area contributed by atoms with Crippen LogP contribution in [0.15, 0.2) is 12.2 Å². The fourth-order valence-corrected chi connectivity index (χ4v) is 0.143. The molecule has 0 heterocycles. The van der Waals surface area contributed by atoms with E-state index in [0.717, 1.165) is 0 Å². The highest BCUT2D eigenvalue weighted by Gasteiger charge is 1.88. The number of carbonyl (C=O) groups is 2. The van der Waals surface area contributed by atoms with E-state index < -0.39 is 11.9 Å². The molecule has 0 bridgehead atoms. The summed E-state index contributed by atoms with van der Waals surface area (Å²) in [5, 5.41) is 15.6. The third-order valence-corrected chi connectivity index (χ3v) is 0.368. The van der Waals surface area contributed by atoms with Gasteiger partial charge < -0.3 is 16.4 Å². The number of aliphatic carboxylic acids is 2. The van der Waals surface area contributed by atoms with Gasteiger partial charge in [0.05, 0.1) is 0 Å². The van der Waals surface area contributed by atoms with E-state index in [9.17, 15) is 9.59 Å². The molecule has 0 spiro atoms. The summed E-state index contributed by atoms with van der Waals surface area (Å²) in [7, 11) is 0. The maximum atomic E-state index is 9.55. The van der Waals surface area contributed by atoms with Crippen LogP contribution >= 0.6 is 0 Å². The van der Waals surface area contributed by atoms with Crippen LogP contribution in [-0.2, 0) is 9.59 Å². The van der Waals surface area contributed by atoms with E-state index in [1.54, 1.807) is 0 Å². The summed E-state index contributed by atoms with van der Waals surface area (Å²) in [6, 6.07) is 0. The van der Waals surface area contributed by atoms with Crippen molar-refractivity contribution in [2.45, 2.75) is 0 Å². The minimum absolute atomic E-state index is 0. The second kappa shape index (κ2) is 4.79. The van der Waals surface area contributed by atoms with Gasteiger partial charge in [0.2, 0.25) is 0 Å². The summed E-state index contributed by atoms with van der Waals surface area (Å²) in [5.74, 6) is -2.51. The first-order valence-electron chi connectivity index (χ1n) is 1.77. The Kier molecular flexibility index (Phi) is 5.64. The Bertz CT molecular complexity index is 128. The number of hydrogen-bond acceptors (Lipinski definition) is 3. The highest BCUT2D eigenvalue weighted by molar-refractivity contribution is 5.89. The maximum absolute atomic E-state index is 9.55. The highest BCUT2D eigenvalue weighted by Crippen LogP contribution is 1.70. The Morgan fingerprint density at radius 3 is 1.44 bits per heavy atom. The Morgan fingerprint density at radius 1 is 1.11 bits per heavy atom. The van der Waals surface area contributed by atoms with Gasteiger partial charge >= 0.3 is 11.9 Å². The van der Waals surface area contributed by atoms with Crippen LogP contribution in [0.5, 0.6) is 0 Å². The monoisotopic (exact) mass is 135 g/mol. The minimum atomic E-state index is -1.26. The molecule has 5 nitrogen and oxygen atoms in total. The van der Waals surface area contributed by atoms with Crippen LogP contribution in [0.25, 0.3) is 0 Å². The zero-order valence-electron chi connectivity index (χ0n) is 4.57. The molecule has 0 radical (unpaired) electrons. The van der Waals surface area contributed by atoms with Crippen molar-refractivity contribution < 1.29 is 21.2 Å². The van der Waals surface area contributed by atoms with Crippen molar-refractivity contribution in [1.82, 2.24) is 6.15 Å². The molecule has 0 saturated heterocycles. The van der Waals surface area contributed by atoms with Gasteiger partial charge in [0.25, 0.3) is 0 Å². The number of carboxylic acids is 2. The molecule has 0 fully saturated rings. The summed E-state index contributed by atoms with van der Waals surface area (Å²) < 4.78 is 0. The molecular formula is C4H9NO4. The van der Waals surface area contributed by atoms with Gasteiger partial charge in [-0.3, -0.25) is 0 Å². The van der Waals surface area contributed by atoms with Crippen LogP contribution in [-0.4, -0.2) is 22.2 Å². The SMILES string of the molecule is N.O=C(O)/C=C\C(=O)O.[HH]. The van der Waals surface area contributed by atoms with E-state index in [0.29, 0.717) is 12.2 Å². The van der Waals surface area contributed by atoms with Gasteiger partial charge in [-0.2, -0.15) is 0 Å². The Hall–Kier alpha value is -1.36. The van der Waals surface area contributed by atoms with Gasteiger partial charge in [-0.05, 0) is 0 Å². The van der Waals surface area contributed by atoms with Gasteiger partial charge in [0.15, 0.2) is 0 Å². The molecule has 0 aliphatic carbocycles. The van der Waals surface area contributed by atoms with Crippen molar-refractivity contribution in [3.05, 3.63) is 12.2 Å². The standard InChI is InChI=1S/C4H4O4.H3N.H2/c5-3(6)1-2-4(7)8;;/h1-2H,(H,5,6)(H,7,8);1H3;1H/b2-1-;;. The molecule has 0 atom stereocenters. The molecular weight excluding hydrogens is 126 g/mol. The summed E-state index contributed by atoms with van der Waals surface area (Å²) in [5.41, 5.74) is 0. The molecule has 54 valence electrons. The highest BCUT2D eigenvalue weighted by atomic mass is 16.4. The van der Waals surface area contributed by atoms with Crippen molar-refractivity contribution in [3.8, 4) is 0 Å². The summed E-state index contributed by atoms with van der Waals surface area (Å²) in [6.45, 7) is 0. The lowest BCUT2D eigenvalue weighted by Gasteiger charge is -1.74. The molecule has 0 unspecified atom stereocenters. The smallest absolute Gasteiger partial charge is 0.328 e. The van der Waals surface area contributed by atoms with Crippen LogP contribution in [0.1, 0.15) is 1.43 Å². The molecule has 5 heteroatoms. The molecule has 0 aromatic heterocycles. The third kappa shape index (κ3) is 10.8. The summed E-state index contributed by atoms with van der Waals surface area (Å²) in [6.07, 6.45) is 1.12. The molecule has 0 saturated carbocycles. The summed E-state index contributed by atoms with van der Waals surface area (Å²) in [4.78, 5) is 19.1. The zero-order chi connectivity index (χ0) is 6.57. The molecule has 0 aliphatic heterocycles. The van der Waals surface area contributed by atoms with Crippen LogP contribution in [0.2, 0.25) is 0 Å². The largest absolute Gasteiger partial charge is 0.478 e. The Morgan fingerprint density at radius 2 is 1.33 bits per heavy atom. The first kappa shape index (κ1) is 10.6. The predicted octanol–water partition coefficient (Wildman–Crippen LogP) is 0.120. The Labute approximate surface area is 52.7 Å². The molecule has 0 aliphatic rings. The lowest BCUT2D eigenvalue weighted by Crippen LogP contribution is -1.91. The van der Waals surface area contributed by atoms with Gasteiger partial charge in [0, 0.05) is 13.6 Å². The van der Waals surface area contributed by atoms with E-state index in [4.69, 9.17) is 10.2 Å². The van der Waals surface area contributed by atoms with Crippen LogP contribution < -0.4 is 6.15 Å². The van der Waals surface area contributed by atoms with Crippen molar-refractivity contribution in [1.29, 1.82) is 0 Å². The molecule has 0 aromatic carbocycles. The van der Waals surface area contributed by atoms with Crippen molar-refractivity contribution in [3.63, 3.8) is 0 Å². The first-order valence-corrected chi connectivity index (χ1v) is 1.77. The molecule has 0 aromatic rings. The average Bonchev–Trinajstić information content (AvgIpc) is 1.61. The third-order valence-electron chi connectivity index (χ3n) is 0.368. The van der Waals surface area contributed by atoms with E-state index in [-0.39, 0.29) is 7.58 Å². The second-order valence-electron chi connectivity index (χ2n) is 1.01. The zero-order valence-corrected chi connectivity index (χ0v) is 4.57. The fraction of sp³-hybridized carbons (Fsp3) is 0. The lowest BCUT2D eigenvalue weighted by atomic mass is 10.5. The van der Waals surface area contributed by atoms with Gasteiger partial charge in [-0.15, -0.1) is 0 Å². The number of carboxylic acid groups (broad SMARTS) is 2. The fourth-order valence-electron chi connectivity index (χ4n) is 0.143. The van der Waals surface area contributed by atoms with Crippen LogP contribution in [0.4, 0.5) is 0 Å². The van der Waals surface area contributed by atoms with Gasteiger partial charge in [0.1, 0.15) is 0 Å². The normalized spacial score (nSPS) is 8.44. The minimum Gasteiger partial charge on any atom is -0.478 e. The quantitative estimate of drug-likeness (QED) is 0.466. The number of hydrogen-bond donors (Lipinski definition) is 3. The second-order valence-corrected chi connectivity index (χ2v) is 1.01. The van der Waals surface area contributed by atoms with Gasteiger partial charge in [-0.1, -0.05) is 0 Å². The molecule has 0 amide bonds. The van der Waals surface area contributed by atoms with E-state index in [2.05, 4.69) is 0 Å². The van der Waals surface area contributed by atoms with E-state index in [1.165, 1.54) is 0 Å². The topological polar surface area (TPSA) is 110 Å². The lowest BCUT2D eigenvalue weighted by molar-refractivity contribution is -0.134. The van der Waals surface area contributed by atoms with Gasteiger partial charge in [-0.25, -0.2) is 9.59 Å². The molecule has 9 heavy (non-hydrogen) atoms. The number of rotatable bonds is 2. The van der Waals surface area contributed by atoms with E-state index >= 15 is 0 Å². The Balaban J connectivity index is -0.000000245. The molecule has 5 N–H and O–H groups in total. The predicted molar refractivity (Wildman–Crippen MR) is 31.5 cm³/mol. The maximum Gasteiger partial charge on any atom is 0.328 e. The average molecular weight is 135 g/mol. The van der Waals surface area contributed by atoms with E-state index in [1.807, 2.05) is 0 Å². The van der Waals surface area contributed by atoms with Crippen molar-refractivity contribution >= 4 is 11.9 Å². The van der Waals surface area contributed by atoms with Crippen LogP contribution in [0.3, 0.4) is 0 Å². The first-order chi connectivity index (χ1) is 3.63. The van der Waals surface area contributed by atoms with Crippen molar-refractivity contribution in [2.75, 3.05) is 0 Å².